The highest BCUT2D eigenvalue weighted by atomic mass is 35.5. The van der Waals surface area contributed by atoms with Crippen molar-refractivity contribution in [1.82, 2.24) is 0 Å². The Hall–Kier alpha value is -2.85. The molecular weight excluding hydrogens is 517 g/mol. The number of halogens is 3. The summed E-state index contributed by atoms with van der Waals surface area (Å²) >= 11 is 19.4. The van der Waals surface area contributed by atoms with E-state index in [1.54, 1.807) is 6.07 Å². The smallest absolute Gasteiger partial charge is 0.350 e. The van der Waals surface area contributed by atoms with E-state index >= 15 is 0 Å². The number of ether oxygens (including phenoxy) is 3. The number of amides is 1. The minimum Gasteiger partial charge on any atom is -0.465 e. The highest BCUT2D eigenvalue weighted by molar-refractivity contribution is 7.21. The summed E-state index contributed by atoms with van der Waals surface area (Å²) in [4.78, 5) is 48.7. The second-order valence-electron chi connectivity index (χ2n) is 6.37. The van der Waals surface area contributed by atoms with Gasteiger partial charge in [-0.15, -0.1) is 11.3 Å². The monoisotopic (exact) mass is 529 g/mol. The lowest BCUT2D eigenvalue weighted by Crippen LogP contribution is -2.22. The van der Waals surface area contributed by atoms with Gasteiger partial charge in [0.25, 0.3) is 5.91 Å². The molecule has 12 heteroatoms. The van der Waals surface area contributed by atoms with Crippen LogP contribution >= 0.6 is 46.1 Å². The van der Waals surface area contributed by atoms with Crippen molar-refractivity contribution in [2.75, 3.05) is 26.1 Å². The highest BCUT2D eigenvalue weighted by Gasteiger charge is 2.22. The van der Waals surface area contributed by atoms with Gasteiger partial charge in [0.2, 0.25) is 0 Å². The van der Waals surface area contributed by atoms with E-state index in [-0.39, 0.29) is 31.7 Å². The second-order valence-corrected chi connectivity index (χ2v) is 8.65. The van der Waals surface area contributed by atoms with Crippen LogP contribution in [0.1, 0.15) is 30.4 Å². The van der Waals surface area contributed by atoms with Crippen LogP contribution in [0, 0.1) is 0 Å². The number of esters is 3. The number of carbonyl (C=O) groups is 4. The number of rotatable bonds is 6. The van der Waals surface area contributed by atoms with E-state index in [4.69, 9.17) is 39.5 Å². The van der Waals surface area contributed by atoms with E-state index in [1.807, 2.05) is 0 Å². The van der Waals surface area contributed by atoms with Crippen molar-refractivity contribution >= 4 is 85.7 Å². The Balaban J connectivity index is 1.76. The number of hydrogen-bond donors (Lipinski definition) is 1. The summed E-state index contributed by atoms with van der Waals surface area (Å²) in [7, 11) is 2.35. The predicted octanol–water partition coefficient (Wildman–Crippen LogP) is 5.23. The molecule has 33 heavy (non-hydrogen) atoms. The summed E-state index contributed by atoms with van der Waals surface area (Å²) in [5.74, 6) is -3.04. The molecule has 0 atom stereocenters. The van der Waals surface area contributed by atoms with Gasteiger partial charge in [0.05, 0.1) is 41.1 Å². The van der Waals surface area contributed by atoms with E-state index in [0.29, 0.717) is 15.1 Å². The Bertz CT molecular complexity index is 1290. The Morgan fingerprint density at radius 3 is 2.30 bits per heavy atom. The zero-order valence-corrected chi connectivity index (χ0v) is 20.1. The van der Waals surface area contributed by atoms with Gasteiger partial charge in [0, 0.05) is 15.1 Å². The molecule has 172 valence electrons. The van der Waals surface area contributed by atoms with E-state index in [1.165, 1.54) is 31.4 Å². The van der Waals surface area contributed by atoms with Crippen molar-refractivity contribution in [3.05, 3.63) is 61.4 Å². The largest absolute Gasteiger partial charge is 0.465 e. The molecule has 0 fully saturated rings. The van der Waals surface area contributed by atoms with Gasteiger partial charge >= 0.3 is 17.9 Å². The molecule has 3 aromatic rings. The van der Waals surface area contributed by atoms with Gasteiger partial charge in [-0.2, -0.15) is 0 Å². The van der Waals surface area contributed by atoms with Crippen molar-refractivity contribution in [2.45, 2.75) is 0 Å². The predicted molar refractivity (Wildman–Crippen MR) is 125 cm³/mol. The number of nitrogens with one attached hydrogen (secondary N) is 1. The Morgan fingerprint density at radius 1 is 0.939 bits per heavy atom. The topological polar surface area (TPSA) is 108 Å². The summed E-state index contributed by atoms with van der Waals surface area (Å²) in [5.41, 5.74) is 0.0565. The van der Waals surface area contributed by atoms with Crippen LogP contribution in [0.3, 0.4) is 0 Å². The molecule has 0 aliphatic rings. The van der Waals surface area contributed by atoms with Crippen molar-refractivity contribution in [2.24, 2.45) is 0 Å². The molecule has 0 saturated heterocycles. The van der Waals surface area contributed by atoms with Crippen molar-refractivity contribution in [3.8, 4) is 0 Å². The molecule has 2 aromatic carbocycles. The maximum atomic E-state index is 12.5. The highest BCUT2D eigenvalue weighted by Crippen LogP contribution is 2.41. The molecule has 0 unspecified atom stereocenters. The Kier molecular flexibility index (Phi) is 7.80. The first-order valence-corrected chi connectivity index (χ1v) is 11.0. The van der Waals surface area contributed by atoms with Gasteiger partial charge in [-0.25, -0.2) is 14.4 Å². The van der Waals surface area contributed by atoms with Crippen LogP contribution < -0.4 is 5.32 Å². The average Bonchev–Trinajstić information content (AvgIpc) is 3.12. The molecule has 1 N–H and O–H groups in total. The number of thiophene rings is 1. The van der Waals surface area contributed by atoms with Gasteiger partial charge in [0.15, 0.2) is 6.61 Å². The van der Waals surface area contributed by atoms with E-state index in [2.05, 4.69) is 14.8 Å². The van der Waals surface area contributed by atoms with Crippen molar-refractivity contribution in [1.29, 1.82) is 0 Å². The van der Waals surface area contributed by atoms with Crippen LogP contribution in [0.5, 0.6) is 0 Å². The van der Waals surface area contributed by atoms with Gasteiger partial charge in [0.1, 0.15) is 4.88 Å². The molecule has 1 heterocycles. The van der Waals surface area contributed by atoms with E-state index in [0.717, 1.165) is 18.4 Å². The number of carbonyl (C=O) groups excluding carboxylic acids is 4. The number of benzene rings is 2. The Morgan fingerprint density at radius 2 is 1.64 bits per heavy atom. The molecule has 1 aromatic heterocycles. The van der Waals surface area contributed by atoms with Crippen LogP contribution in [0.2, 0.25) is 15.1 Å². The fourth-order valence-electron chi connectivity index (χ4n) is 2.81. The first-order chi connectivity index (χ1) is 15.7. The minimum absolute atomic E-state index is 0.0103. The normalized spacial score (nSPS) is 10.6. The van der Waals surface area contributed by atoms with E-state index < -0.39 is 30.4 Å². The number of anilines is 1. The lowest BCUT2D eigenvalue weighted by molar-refractivity contribution is -0.119. The molecular formula is C21H14Cl3NO7S. The molecule has 0 saturated carbocycles. The molecule has 0 aliphatic heterocycles. The lowest BCUT2D eigenvalue weighted by atomic mass is 10.1. The SMILES string of the molecule is COC(=O)c1ccc(C(=O)OC)c(NC(=O)COC(=O)c2sc3cc(Cl)cc(Cl)c3c2Cl)c1. The molecule has 8 nitrogen and oxygen atoms in total. The maximum absolute atomic E-state index is 12.5. The summed E-state index contributed by atoms with van der Waals surface area (Å²) < 4.78 is 15.0. The third-order valence-corrected chi connectivity index (χ3v) is 6.41. The number of hydrogen-bond acceptors (Lipinski definition) is 8. The van der Waals surface area contributed by atoms with Gasteiger partial charge in [-0.05, 0) is 30.3 Å². The van der Waals surface area contributed by atoms with Crippen LogP contribution in [0.4, 0.5) is 5.69 Å². The quantitative estimate of drug-likeness (QED) is 0.343. The summed E-state index contributed by atoms with van der Waals surface area (Å²) in [6, 6.07) is 6.98. The van der Waals surface area contributed by atoms with Crippen molar-refractivity contribution < 1.29 is 33.4 Å². The average molecular weight is 531 g/mol. The molecule has 3 rings (SSSR count). The van der Waals surface area contributed by atoms with Gasteiger partial charge < -0.3 is 19.5 Å². The van der Waals surface area contributed by atoms with Gasteiger partial charge in [-0.1, -0.05) is 34.8 Å². The van der Waals surface area contributed by atoms with Crippen LogP contribution in [0.25, 0.3) is 10.1 Å². The van der Waals surface area contributed by atoms with Crippen LogP contribution in [-0.2, 0) is 19.0 Å². The van der Waals surface area contributed by atoms with E-state index in [9.17, 15) is 19.2 Å². The summed E-state index contributed by atoms with van der Waals surface area (Å²) in [5, 5.41) is 3.60. The molecule has 1 amide bonds. The third-order valence-electron chi connectivity index (χ3n) is 4.29. The van der Waals surface area contributed by atoms with Crippen LogP contribution in [-0.4, -0.2) is 44.6 Å². The van der Waals surface area contributed by atoms with Crippen LogP contribution in [0.15, 0.2) is 30.3 Å². The number of fused-ring (bicyclic) bond motifs is 1. The third kappa shape index (κ3) is 5.39. The first-order valence-electron chi connectivity index (χ1n) is 9.01. The Labute approximate surface area is 206 Å². The zero-order valence-electron chi connectivity index (χ0n) is 17.0. The molecule has 0 bridgehead atoms. The molecule has 0 spiro atoms. The lowest BCUT2D eigenvalue weighted by Gasteiger charge is -2.11. The fourth-order valence-corrected chi connectivity index (χ4v) is 5.07. The maximum Gasteiger partial charge on any atom is 0.350 e. The second kappa shape index (κ2) is 10.4. The molecule has 0 aliphatic carbocycles. The summed E-state index contributed by atoms with van der Waals surface area (Å²) in [6.07, 6.45) is 0. The summed E-state index contributed by atoms with van der Waals surface area (Å²) in [6.45, 7) is -0.693. The van der Waals surface area contributed by atoms with Gasteiger partial charge in [-0.3, -0.25) is 4.79 Å². The van der Waals surface area contributed by atoms with Crippen molar-refractivity contribution in [3.63, 3.8) is 0 Å². The minimum atomic E-state index is -0.847. The fraction of sp³-hybridized carbons (Fsp3) is 0.143. The molecule has 0 radical (unpaired) electrons. The first kappa shape index (κ1) is 24.8. The number of methoxy groups -OCH3 is 2. The zero-order chi connectivity index (χ0) is 24.3. The standard InChI is InChI=1S/C21H14Cl3NO7S/c1-30-19(27)9-3-4-11(20(28)31-2)13(5-9)25-15(26)8-32-21(29)18-17(24)16-12(23)6-10(22)7-14(16)33-18/h3-7H,8H2,1-2H3,(H,25,26).